The van der Waals surface area contributed by atoms with E-state index in [4.69, 9.17) is 10.5 Å². The molecular formula is C33H40F3N9O2. The van der Waals surface area contributed by atoms with Crippen molar-refractivity contribution < 1.29 is 23.0 Å². The molecule has 47 heavy (non-hydrogen) atoms. The summed E-state index contributed by atoms with van der Waals surface area (Å²) in [6.07, 6.45) is 8.53. The van der Waals surface area contributed by atoms with Crippen molar-refractivity contribution in [3.63, 3.8) is 0 Å². The van der Waals surface area contributed by atoms with Crippen molar-refractivity contribution in [2.24, 2.45) is 11.7 Å². The number of nitrogens with two attached hydrogens (primary N) is 1. The molecule has 1 aliphatic carbocycles. The molecule has 1 unspecified atom stereocenters. The van der Waals surface area contributed by atoms with E-state index in [0.29, 0.717) is 37.3 Å². The van der Waals surface area contributed by atoms with Gasteiger partial charge in [0.25, 0.3) is 0 Å². The molecule has 5 heterocycles. The molecule has 11 nitrogen and oxygen atoms in total. The number of pyridine rings is 1. The average molecular weight is 652 g/mol. The number of alkyl halides is 3. The fourth-order valence-corrected chi connectivity index (χ4v) is 7.24. The Morgan fingerprint density at radius 3 is 2.85 bits per heavy atom. The Bertz CT molecular complexity index is 1690. The number of halogens is 3. The van der Waals surface area contributed by atoms with Crippen LogP contribution in [0.15, 0.2) is 43.1 Å². The Labute approximate surface area is 271 Å². The van der Waals surface area contributed by atoms with Crippen LogP contribution in [0.4, 0.5) is 13.2 Å². The summed E-state index contributed by atoms with van der Waals surface area (Å²) in [5.41, 5.74) is 7.33. The lowest BCUT2D eigenvalue weighted by atomic mass is 9.65. The Hall–Kier alpha value is -4.06. The largest absolute Gasteiger partial charge is 0.474 e. The van der Waals surface area contributed by atoms with Crippen molar-refractivity contribution in [2.75, 3.05) is 19.7 Å². The summed E-state index contributed by atoms with van der Waals surface area (Å²) in [5.74, 6) is 0.322. The number of nitrogens with one attached hydrogen (secondary N) is 1. The van der Waals surface area contributed by atoms with Gasteiger partial charge in [0.2, 0.25) is 5.88 Å². The molecule has 4 aromatic rings. The summed E-state index contributed by atoms with van der Waals surface area (Å²) in [7, 11) is 0. The molecule has 0 radical (unpaired) electrons. The van der Waals surface area contributed by atoms with Gasteiger partial charge in [-0.3, -0.25) is 9.58 Å². The lowest BCUT2D eigenvalue weighted by molar-refractivity contribution is -0.141. The predicted molar refractivity (Wildman–Crippen MR) is 168 cm³/mol. The van der Waals surface area contributed by atoms with Crippen molar-refractivity contribution in [2.45, 2.75) is 88.2 Å². The molecule has 2 atom stereocenters. The van der Waals surface area contributed by atoms with Gasteiger partial charge in [-0.15, -0.1) is 0 Å². The summed E-state index contributed by atoms with van der Waals surface area (Å²) in [6.45, 7) is 1.31. The Morgan fingerprint density at radius 1 is 1.23 bits per heavy atom. The standard InChI is InChI=1S/C33H40F3N9O2/c34-33(35,36)28-13-23(18-44-12-2-4-25(44)20-46)14-29(43-28)47-26(6-9-37)5-1-3-22-15-32(16-22,8-10-38)45-19-24(17-42-45)30-27-7-11-39-31(27)41-21-40-30/h7,11,13-14,17,19,21-22,25-26,46H,1-6,8-9,12,15-16,18,20,37H2,(H,39,40,41)/t22-,25-,26?,32-/m0/s1. The third-order valence-electron chi connectivity index (χ3n) is 9.60. The van der Waals surface area contributed by atoms with Crippen LogP contribution < -0.4 is 10.5 Å². The van der Waals surface area contributed by atoms with Crippen LogP contribution in [-0.4, -0.2) is 71.6 Å². The maximum atomic E-state index is 13.8. The van der Waals surface area contributed by atoms with Crippen LogP contribution in [0.3, 0.4) is 0 Å². The van der Waals surface area contributed by atoms with E-state index < -0.39 is 17.4 Å². The van der Waals surface area contributed by atoms with Gasteiger partial charge in [0.1, 0.15) is 23.8 Å². The van der Waals surface area contributed by atoms with Crippen molar-refractivity contribution in [1.82, 2.24) is 34.6 Å². The molecule has 0 aromatic carbocycles. The minimum Gasteiger partial charge on any atom is -0.474 e. The Morgan fingerprint density at radius 2 is 2.09 bits per heavy atom. The first-order valence-electron chi connectivity index (χ1n) is 16.2. The van der Waals surface area contributed by atoms with Gasteiger partial charge >= 0.3 is 6.18 Å². The first-order valence-corrected chi connectivity index (χ1v) is 16.2. The lowest BCUT2D eigenvalue weighted by Crippen LogP contribution is -2.46. The topological polar surface area (TPSA) is 155 Å². The molecule has 14 heteroatoms. The van der Waals surface area contributed by atoms with E-state index in [1.165, 1.54) is 6.33 Å². The maximum Gasteiger partial charge on any atom is 0.433 e. The molecule has 1 aliphatic heterocycles. The zero-order valence-electron chi connectivity index (χ0n) is 26.2. The first kappa shape index (κ1) is 32.9. The van der Waals surface area contributed by atoms with Gasteiger partial charge in [-0.2, -0.15) is 23.5 Å². The van der Waals surface area contributed by atoms with E-state index in [0.717, 1.165) is 73.4 Å². The monoisotopic (exact) mass is 651 g/mol. The summed E-state index contributed by atoms with van der Waals surface area (Å²) >= 11 is 0. The number of ether oxygens (including phenoxy) is 1. The second-order valence-corrected chi connectivity index (χ2v) is 12.9. The van der Waals surface area contributed by atoms with Crippen LogP contribution in [0.1, 0.15) is 69.0 Å². The second kappa shape index (κ2) is 14.0. The van der Waals surface area contributed by atoms with Crippen LogP contribution >= 0.6 is 0 Å². The number of hydrogen-bond donors (Lipinski definition) is 3. The molecule has 0 amide bonds. The maximum absolute atomic E-state index is 13.8. The number of aromatic amines is 1. The number of aliphatic hydroxyl groups excluding tert-OH is 1. The summed E-state index contributed by atoms with van der Waals surface area (Å²) in [6, 6.07) is 6.86. The van der Waals surface area contributed by atoms with Crippen molar-refractivity contribution in [1.29, 1.82) is 5.26 Å². The van der Waals surface area contributed by atoms with Crippen molar-refractivity contribution in [3.8, 4) is 23.2 Å². The Balaban J connectivity index is 1.07. The first-order chi connectivity index (χ1) is 22.7. The fourth-order valence-electron chi connectivity index (χ4n) is 7.24. The summed E-state index contributed by atoms with van der Waals surface area (Å²) in [5, 5.41) is 24.9. The zero-order valence-corrected chi connectivity index (χ0v) is 26.2. The molecule has 6 rings (SSSR count). The van der Waals surface area contributed by atoms with Gasteiger partial charge in [-0.05, 0) is 81.6 Å². The summed E-state index contributed by atoms with van der Waals surface area (Å²) in [4.78, 5) is 17.6. The van der Waals surface area contributed by atoms with Gasteiger partial charge in [0.05, 0.1) is 36.5 Å². The number of nitrogens with zero attached hydrogens (tertiary/aromatic N) is 7. The molecule has 2 aliphatic rings. The quantitative estimate of drug-likeness (QED) is 0.167. The normalized spacial score (nSPS) is 22.3. The van der Waals surface area contributed by atoms with Crippen LogP contribution in [0, 0.1) is 17.2 Å². The number of hydrogen-bond acceptors (Lipinski definition) is 9. The number of likely N-dealkylation sites (tertiary alicyclic amines) is 1. The van der Waals surface area contributed by atoms with Crippen LogP contribution in [0.2, 0.25) is 0 Å². The van der Waals surface area contributed by atoms with E-state index in [1.54, 1.807) is 12.3 Å². The van der Waals surface area contributed by atoms with Gasteiger partial charge in [0.15, 0.2) is 0 Å². The van der Waals surface area contributed by atoms with Gasteiger partial charge < -0.3 is 20.6 Å². The molecule has 0 bridgehead atoms. The number of aliphatic hydroxyl groups is 1. The SMILES string of the molecule is N#CC[C@]1(n2cc(-c3ncnc4[nH]ccc34)cn2)C[C@H](CCCC(CCN)Oc2cc(CN3CCC[C@H]3CO)cc(C(F)(F)F)n2)C1. The zero-order chi connectivity index (χ0) is 33.0. The molecule has 2 fully saturated rings. The van der Waals surface area contributed by atoms with E-state index in [2.05, 4.69) is 31.1 Å². The number of aromatic nitrogens is 6. The number of rotatable bonds is 14. The highest BCUT2D eigenvalue weighted by Gasteiger charge is 2.46. The van der Waals surface area contributed by atoms with Gasteiger partial charge in [0, 0.05) is 42.0 Å². The molecule has 0 spiro atoms. The minimum atomic E-state index is -4.61. The van der Waals surface area contributed by atoms with E-state index >= 15 is 0 Å². The predicted octanol–water partition coefficient (Wildman–Crippen LogP) is 5.18. The number of fused-ring (bicyclic) bond motifs is 1. The highest BCUT2D eigenvalue weighted by molar-refractivity contribution is 5.90. The average Bonchev–Trinajstić information content (AvgIpc) is 3.80. The second-order valence-electron chi connectivity index (χ2n) is 12.9. The highest BCUT2D eigenvalue weighted by Crippen LogP contribution is 2.48. The number of nitriles is 1. The third-order valence-corrected chi connectivity index (χ3v) is 9.60. The van der Waals surface area contributed by atoms with Crippen LogP contribution in [0.25, 0.3) is 22.3 Å². The molecule has 4 aromatic heterocycles. The van der Waals surface area contributed by atoms with Crippen molar-refractivity contribution >= 4 is 11.0 Å². The smallest absolute Gasteiger partial charge is 0.433 e. The van der Waals surface area contributed by atoms with Crippen molar-refractivity contribution in [3.05, 3.63) is 54.4 Å². The van der Waals surface area contributed by atoms with E-state index in [-0.39, 0.29) is 31.2 Å². The highest BCUT2D eigenvalue weighted by atomic mass is 19.4. The number of H-pyrrole nitrogens is 1. The van der Waals surface area contributed by atoms with E-state index in [9.17, 15) is 23.5 Å². The van der Waals surface area contributed by atoms with Crippen LogP contribution in [-0.2, 0) is 18.3 Å². The molecular weight excluding hydrogens is 611 g/mol. The minimum absolute atomic E-state index is 0.0266. The third kappa shape index (κ3) is 7.27. The fraction of sp³-hybridized carbons (Fsp3) is 0.545. The Kier molecular flexibility index (Phi) is 9.77. The van der Waals surface area contributed by atoms with Gasteiger partial charge in [-0.1, -0.05) is 6.42 Å². The van der Waals surface area contributed by atoms with E-state index in [1.807, 2.05) is 28.0 Å². The molecule has 4 N–H and O–H groups in total. The van der Waals surface area contributed by atoms with Crippen LogP contribution in [0.5, 0.6) is 5.88 Å². The summed E-state index contributed by atoms with van der Waals surface area (Å²) < 4.78 is 49.3. The molecule has 1 saturated heterocycles. The lowest BCUT2D eigenvalue weighted by Gasteiger charge is -2.47. The van der Waals surface area contributed by atoms with Gasteiger partial charge in [-0.25, -0.2) is 15.0 Å². The molecule has 250 valence electrons. The molecule has 1 saturated carbocycles.